The number of benzene rings is 6. The van der Waals surface area contributed by atoms with E-state index in [1.54, 1.807) is 0 Å². The van der Waals surface area contributed by atoms with Gasteiger partial charge in [0.15, 0.2) is 0 Å². The van der Waals surface area contributed by atoms with E-state index in [4.69, 9.17) is 29.4 Å². The average Bonchev–Trinajstić information content (AvgIpc) is 3.29. The molecule has 0 aliphatic heterocycles. The number of hydrogen-bond acceptors (Lipinski definition) is 6. The van der Waals surface area contributed by atoms with Crippen LogP contribution in [0.3, 0.4) is 0 Å². The standard InChI is InChI=1S/4C14H22.2C6H6.2H3O3P/c4*1-13(2,3)11-8-7-9-12(10-11)14(4,5)6;2*1-2-4-6-5-3-1;2*1-4(2)3/h4*7-10H,1-6H3;2*1-6H;2*1-3H. The van der Waals surface area contributed by atoms with Gasteiger partial charge in [-0.15, -0.1) is 0 Å². The maximum atomic E-state index is 7.23. The molecule has 0 atom stereocenters. The van der Waals surface area contributed by atoms with Crippen molar-refractivity contribution < 1.29 is 29.4 Å². The summed E-state index contributed by atoms with van der Waals surface area (Å²) in [5.41, 5.74) is 13.4. The van der Waals surface area contributed by atoms with E-state index in [1.165, 1.54) is 44.5 Å². The van der Waals surface area contributed by atoms with E-state index in [9.17, 15) is 0 Å². The van der Waals surface area contributed by atoms with Gasteiger partial charge in [-0.2, -0.15) is 0 Å². The summed E-state index contributed by atoms with van der Waals surface area (Å²) in [5, 5.41) is 0. The van der Waals surface area contributed by atoms with Gasteiger partial charge < -0.3 is 29.4 Å². The van der Waals surface area contributed by atoms with E-state index >= 15 is 0 Å². The number of hydrogen-bond donors (Lipinski definition) is 6. The first kappa shape index (κ1) is 74.0. The molecule has 0 saturated carbocycles. The number of rotatable bonds is 0. The summed E-state index contributed by atoms with van der Waals surface area (Å²) in [6.07, 6.45) is 0. The highest BCUT2D eigenvalue weighted by Crippen LogP contribution is 2.32. The Morgan fingerprint density at radius 2 is 0.263 bits per heavy atom. The van der Waals surface area contributed by atoms with Crippen LogP contribution < -0.4 is 0 Å². The molecule has 6 aromatic rings. The Hall–Kier alpha value is -4.06. The van der Waals surface area contributed by atoms with Gasteiger partial charge in [-0.25, -0.2) is 0 Å². The van der Waals surface area contributed by atoms with Gasteiger partial charge in [-0.1, -0.05) is 336 Å². The second-order valence-corrected chi connectivity index (χ2v) is 28.2. The lowest BCUT2D eigenvalue weighted by molar-refractivity contribution is 0.366. The maximum Gasteiger partial charge on any atom is 0.324 e. The molecule has 0 unspecified atom stereocenters. The van der Waals surface area contributed by atoms with Crippen molar-refractivity contribution in [2.24, 2.45) is 0 Å². The van der Waals surface area contributed by atoms with Crippen LogP contribution in [-0.4, -0.2) is 29.4 Å². The molecule has 0 saturated heterocycles. The zero-order chi connectivity index (χ0) is 59.6. The van der Waals surface area contributed by atoms with Crippen molar-refractivity contribution in [2.45, 2.75) is 209 Å². The van der Waals surface area contributed by atoms with E-state index in [2.05, 4.69) is 263 Å². The normalized spacial score (nSPS) is 11.8. The van der Waals surface area contributed by atoms with Crippen molar-refractivity contribution in [3.8, 4) is 0 Å². The first-order valence-electron chi connectivity index (χ1n) is 26.5. The molecule has 0 amide bonds. The van der Waals surface area contributed by atoms with Crippen LogP contribution in [0.2, 0.25) is 0 Å². The third kappa shape index (κ3) is 36.1. The molecule has 0 aliphatic carbocycles. The van der Waals surface area contributed by atoms with E-state index in [-0.39, 0.29) is 43.3 Å². The van der Waals surface area contributed by atoms with Gasteiger partial charge in [0.2, 0.25) is 0 Å². The Morgan fingerprint density at radius 3 is 0.329 bits per heavy atom. The summed E-state index contributed by atoms with van der Waals surface area (Å²) < 4.78 is 0. The van der Waals surface area contributed by atoms with Gasteiger partial charge in [0.1, 0.15) is 0 Å². The summed E-state index contributed by atoms with van der Waals surface area (Å²) in [4.78, 5) is 43.4. The van der Waals surface area contributed by atoms with E-state index in [0.29, 0.717) is 0 Å². The van der Waals surface area contributed by atoms with Gasteiger partial charge in [0.05, 0.1) is 0 Å². The molecule has 6 aromatic carbocycles. The highest BCUT2D eigenvalue weighted by molar-refractivity contribution is 7.38. The van der Waals surface area contributed by atoms with Crippen LogP contribution in [-0.2, 0) is 43.3 Å². The predicted octanol–water partition coefficient (Wildman–Crippen LogP) is 18.9. The molecular formula is C68H106O6P2. The Morgan fingerprint density at radius 1 is 0.184 bits per heavy atom. The SMILES string of the molecule is CC(C)(C)c1cccc(C(C)(C)C)c1.CC(C)(C)c1cccc(C(C)(C)C)c1.CC(C)(C)c1cccc(C(C)(C)C)c1.CC(C)(C)c1cccc(C(C)(C)C)c1.OP(O)O.OP(O)O.c1ccccc1.c1ccccc1. The minimum Gasteiger partial charge on any atom is -0.328 e. The molecule has 0 aromatic heterocycles. The lowest BCUT2D eigenvalue weighted by Gasteiger charge is -2.24. The lowest BCUT2D eigenvalue weighted by Crippen LogP contribution is -2.15. The summed E-state index contributed by atoms with van der Waals surface area (Å²) >= 11 is 0. The quantitative estimate of drug-likeness (QED) is 0.0843. The van der Waals surface area contributed by atoms with Crippen molar-refractivity contribution in [3.63, 3.8) is 0 Å². The summed E-state index contributed by atoms with van der Waals surface area (Å²) in [6, 6.07) is 59.7. The molecule has 6 N–H and O–H groups in total. The van der Waals surface area contributed by atoms with Crippen LogP contribution in [0.1, 0.15) is 211 Å². The zero-order valence-electron chi connectivity index (χ0n) is 51.7. The molecule has 0 radical (unpaired) electrons. The Bertz CT molecular complexity index is 1930. The monoisotopic (exact) mass is 1080 g/mol. The van der Waals surface area contributed by atoms with Crippen molar-refractivity contribution in [3.05, 3.63) is 214 Å². The molecule has 424 valence electrons. The lowest BCUT2D eigenvalue weighted by atomic mass is 9.81. The van der Waals surface area contributed by atoms with E-state index in [1.807, 2.05) is 72.8 Å². The molecule has 0 aliphatic rings. The smallest absolute Gasteiger partial charge is 0.324 e. The second kappa shape index (κ2) is 33.4. The first-order valence-corrected chi connectivity index (χ1v) is 28.9. The van der Waals surface area contributed by atoms with E-state index < -0.39 is 17.2 Å². The van der Waals surface area contributed by atoms with Crippen LogP contribution in [0.4, 0.5) is 0 Å². The summed E-state index contributed by atoms with van der Waals surface area (Å²) in [7, 11) is -5.24. The van der Waals surface area contributed by atoms with Crippen molar-refractivity contribution in [2.75, 3.05) is 0 Å². The third-order valence-electron chi connectivity index (χ3n) is 11.7. The van der Waals surface area contributed by atoms with Crippen LogP contribution in [0.5, 0.6) is 0 Å². The van der Waals surface area contributed by atoms with Gasteiger partial charge in [0.25, 0.3) is 0 Å². The summed E-state index contributed by atoms with van der Waals surface area (Å²) in [6.45, 7) is 54.2. The van der Waals surface area contributed by atoms with Gasteiger partial charge in [-0.3, -0.25) is 0 Å². The van der Waals surface area contributed by atoms with Gasteiger partial charge in [-0.05, 0) is 87.8 Å². The van der Waals surface area contributed by atoms with Crippen molar-refractivity contribution in [1.82, 2.24) is 0 Å². The fourth-order valence-corrected chi connectivity index (χ4v) is 6.58. The van der Waals surface area contributed by atoms with E-state index in [0.717, 1.165) is 0 Å². The Balaban J connectivity index is 0. The molecular weight excluding hydrogens is 975 g/mol. The Labute approximate surface area is 468 Å². The minimum atomic E-state index is -2.62. The molecule has 0 heterocycles. The van der Waals surface area contributed by atoms with Crippen molar-refractivity contribution >= 4 is 17.2 Å². The zero-order valence-corrected chi connectivity index (χ0v) is 53.5. The Kier molecular flexibility index (Phi) is 32.5. The van der Waals surface area contributed by atoms with Crippen LogP contribution >= 0.6 is 17.2 Å². The van der Waals surface area contributed by atoms with Gasteiger partial charge in [0, 0.05) is 0 Å². The fraction of sp³-hybridized carbons (Fsp3) is 0.471. The molecule has 0 bridgehead atoms. The molecule has 0 fully saturated rings. The fourth-order valence-electron chi connectivity index (χ4n) is 6.58. The van der Waals surface area contributed by atoms with Crippen LogP contribution in [0.15, 0.2) is 170 Å². The predicted molar refractivity (Wildman–Crippen MR) is 335 cm³/mol. The highest BCUT2D eigenvalue weighted by atomic mass is 31.2. The highest BCUT2D eigenvalue weighted by Gasteiger charge is 2.22. The third-order valence-corrected chi connectivity index (χ3v) is 11.7. The second-order valence-electron chi connectivity index (χ2n) is 27.2. The first-order chi connectivity index (χ1) is 34.3. The molecule has 8 heteroatoms. The molecule has 6 nitrogen and oxygen atoms in total. The molecule has 0 spiro atoms. The van der Waals surface area contributed by atoms with Crippen molar-refractivity contribution in [1.29, 1.82) is 0 Å². The maximum absolute atomic E-state index is 7.23. The van der Waals surface area contributed by atoms with Gasteiger partial charge >= 0.3 is 17.2 Å². The average molecular weight is 1080 g/mol. The molecule has 76 heavy (non-hydrogen) atoms. The molecule has 6 rings (SSSR count). The topological polar surface area (TPSA) is 121 Å². The largest absolute Gasteiger partial charge is 0.328 e. The summed E-state index contributed by atoms with van der Waals surface area (Å²) in [5.74, 6) is 0. The van der Waals surface area contributed by atoms with Crippen LogP contribution in [0, 0.1) is 0 Å². The van der Waals surface area contributed by atoms with Crippen LogP contribution in [0.25, 0.3) is 0 Å². The minimum absolute atomic E-state index is 0.251.